The van der Waals surface area contributed by atoms with E-state index in [0.29, 0.717) is 23.0 Å². The highest BCUT2D eigenvalue weighted by atomic mass is 35.5. The first-order chi connectivity index (χ1) is 12.6. The number of hydrogen-bond donors (Lipinski definition) is 0. The van der Waals surface area contributed by atoms with Gasteiger partial charge in [0.25, 0.3) is 5.91 Å². The standard InChI is InChI=1S/C20H19ClN2O2S/c1-14-6-5-9-17-19(14)23(12-13-25-2)20(26-17)22-18(24)11-10-15-7-3-4-8-16(15)21/h3-11H,12-13H2,1-2H3. The Kier molecular flexibility index (Phi) is 6.04. The molecule has 0 saturated carbocycles. The summed E-state index contributed by atoms with van der Waals surface area (Å²) in [5.41, 5.74) is 3.03. The molecule has 3 aromatic rings. The molecule has 0 bridgehead atoms. The van der Waals surface area contributed by atoms with Gasteiger partial charge in [-0.2, -0.15) is 4.99 Å². The van der Waals surface area contributed by atoms with Crippen molar-refractivity contribution in [3.05, 3.63) is 69.5 Å². The number of methoxy groups -OCH3 is 1. The van der Waals surface area contributed by atoms with Crippen molar-refractivity contribution in [2.45, 2.75) is 13.5 Å². The van der Waals surface area contributed by atoms with Gasteiger partial charge in [-0.25, -0.2) is 0 Å². The van der Waals surface area contributed by atoms with Crippen LogP contribution in [0.4, 0.5) is 0 Å². The summed E-state index contributed by atoms with van der Waals surface area (Å²) in [6.07, 6.45) is 3.13. The maximum Gasteiger partial charge on any atom is 0.272 e. The fraction of sp³-hybridized carbons (Fsp3) is 0.200. The van der Waals surface area contributed by atoms with E-state index in [1.165, 1.54) is 17.4 Å². The quantitative estimate of drug-likeness (QED) is 0.608. The third-order valence-electron chi connectivity index (χ3n) is 3.94. The van der Waals surface area contributed by atoms with Crippen LogP contribution < -0.4 is 4.80 Å². The number of fused-ring (bicyclic) bond motifs is 1. The number of rotatable bonds is 5. The molecule has 0 N–H and O–H groups in total. The van der Waals surface area contributed by atoms with Crippen LogP contribution >= 0.6 is 22.9 Å². The van der Waals surface area contributed by atoms with Crippen molar-refractivity contribution < 1.29 is 9.53 Å². The third-order valence-corrected chi connectivity index (χ3v) is 5.33. The molecule has 0 aliphatic heterocycles. The molecule has 0 radical (unpaired) electrons. The highest BCUT2D eigenvalue weighted by molar-refractivity contribution is 7.16. The van der Waals surface area contributed by atoms with E-state index in [4.69, 9.17) is 16.3 Å². The molecular formula is C20H19ClN2O2S. The number of ether oxygens (including phenoxy) is 1. The second-order valence-electron chi connectivity index (χ2n) is 5.76. The van der Waals surface area contributed by atoms with Crippen LogP contribution in [0.25, 0.3) is 16.3 Å². The molecule has 0 saturated heterocycles. The van der Waals surface area contributed by atoms with Gasteiger partial charge >= 0.3 is 0 Å². The lowest BCUT2D eigenvalue weighted by molar-refractivity contribution is -0.113. The van der Waals surface area contributed by atoms with Gasteiger partial charge in [0, 0.05) is 24.8 Å². The predicted molar refractivity (Wildman–Crippen MR) is 107 cm³/mol. The topological polar surface area (TPSA) is 43.6 Å². The van der Waals surface area contributed by atoms with Gasteiger partial charge in [0.2, 0.25) is 0 Å². The van der Waals surface area contributed by atoms with E-state index < -0.39 is 0 Å². The van der Waals surface area contributed by atoms with Gasteiger partial charge in [-0.1, -0.05) is 53.3 Å². The van der Waals surface area contributed by atoms with Gasteiger partial charge in [-0.05, 0) is 36.3 Å². The Labute approximate surface area is 161 Å². The minimum absolute atomic E-state index is 0.319. The van der Waals surface area contributed by atoms with Crippen LogP contribution in [0.5, 0.6) is 0 Å². The Balaban J connectivity index is 1.99. The van der Waals surface area contributed by atoms with Gasteiger partial charge in [0.15, 0.2) is 4.80 Å². The number of nitrogens with zero attached hydrogens (tertiary/aromatic N) is 2. The minimum atomic E-state index is -0.319. The zero-order chi connectivity index (χ0) is 18.5. The largest absolute Gasteiger partial charge is 0.383 e. The molecule has 1 amide bonds. The zero-order valence-corrected chi connectivity index (χ0v) is 16.2. The average molecular weight is 387 g/mol. The maximum atomic E-state index is 12.4. The van der Waals surface area contributed by atoms with Crippen molar-refractivity contribution in [3.63, 3.8) is 0 Å². The number of carbonyl (C=O) groups excluding carboxylic acids is 1. The molecule has 3 rings (SSSR count). The van der Waals surface area contributed by atoms with Crippen LogP contribution in [0.15, 0.2) is 53.5 Å². The summed E-state index contributed by atoms with van der Waals surface area (Å²) in [6, 6.07) is 13.5. The van der Waals surface area contributed by atoms with Crippen LogP contribution in [0.1, 0.15) is 11.1 Å². The van der Waals surface area contributed by atoms with E-state index in [-0.39, 0.29) is 5.91 Å². The molecule has 0 fully saturated rings. The van der Waals surface area contributed by atoms with E-state index in [9.17, 15) is 4.79 Å². The molecule has 6 heteroatoms. The molecule has 134 valence electrons. The van der Waals surface area contributed by atoms with Crippen molar-refractivity contribution in [1.82, 2.24) is 4.57 Å². The second-order valence-corrected chi connectivity index (χ2v) is 7.17. The van der Waals surface area contributed by atoms with Crippen LogP contribution in [-0.2, 0) is 16.1 Å². The number of hydrogen-bond acceptors (Lipinski definition) is 3. The number of amides is 1. The first-order valence-corrected chi connectivity index (χ1v) is 9.39. The molecule has 1 aromatic heterocycles. The van der Waals surface area contributed by atoms with E-state index >= 15 is 0 Å². The Morgan fingerprint density at radius 1 is 1.27 bits per heavy atom. The monoisotopic (exact) mass is 386 g/mol. The van der Waals surface area contributed by atoms with Gasteiger partial charge in [0.05, 0.1) is 16.8 Å². The van der Waals surface area contributed by atoms with E-state index in [1.807, 2.05) is 34.9 Å². The molecule has 4 nitrogen and oxygen atoms in total. The van der Waals surface area contributed by atoms with Crippen molar-refractivity contribution in [2.75, 3.05) is 13.7 Å². The number of aromatic nitrogens is 1. The van der Waals surface area contributed by atoms with Crippen LogP contribution in [0, 0.1) is 6.92 Å². The van der Waals surface area contributed by atoms with Crippen molar-refractivity contribution in [3.8, 4) is 0 Å². The second kappa shape index (κ2) is 8.45. The Morgan fingerprint density at radius 3 is 2.85 bits per heavy atom. The van der Waals surface area contributed by atoms with E-state index in [2.05, 4.69) is 18.0 Å². The summed E-state index contributed by atoms with van der Waals surface area (Å²) in [6.45, 7) is 3.25. The lowest BCUT2D eigenvalue weighted by Crippen LogP contribution is -2.19. The summed E-state index contributed by atoms with van der Waals surface area (Å²) in [5, 5.41) is 0.601. The molecular weight excluding hydrogens is 368 g/mol. The molecule has 2 aromatic carbocycles. The molecule has 26 heavy (non-hydrogen) atoms. The van der Waals surface area contributed by atoms with E-state index in [0.717, 1.165) is 21.3 Å². The first kappa shape index (κ1) is 18.6. The van der Waals surface area contributed by atoms with Crippen LogP contribution in [0.3, 0.4) is 0 Å². The zero-order valence-electron chi connectivity index (χ0n) is 14.6. The van der Waals surface area contributed by atoms with Crippen molar-refractivity contribution in [2.24, 2.45) is 4.99 Å². The molecule has 0 spiro atoms. The van der Waals surface area contributed by atoms with Crippen LogP contribution in [0.2, 0.25) is 5.02 Å². The molecule has 0 unspecified atom stereocenters. The van der Waals surface area contributed by atoms with Crippen molar-refractivity contribution >= 4 is 45.1 Å². The third kappa shape index (κ3) is 4.12. The fourth-order valence-electron chi connectivity index (χ4n) is 2.69. The molecule has 0 atom stereocenters. The Hall–Kier alpha value is -2.21. The summed E-state index contributed by atoms with van der Waals surface area (Å²) >= 11 is 7.61. The van der Waals surface area contributed by atoms with Crippen molar-refractivity contribution in [1.29, 1.82) is 0 Å². The fourth-order valence-corrected chi connectivity index (χ4v) is 4.02. The Morgan fingerprint density at radius 2 is 2.08 bits per heavy atom. The number of halogens is 1. The highest BCUT2D eigenvalue weighted by Gasteiger charge is 2.09. The lowest BCUT2D eigenvalue weighted by Gasteiger charge is -2.06. The number of thiazole rings is 1. The van der Waals surface area contributed by atoms with Crippen LogP contribution in [-0.4, -0.2) is 24.2 Å². The van der Waals surface area contributed by atoms with Gasteiger partial charge < -0.3 is 9.30 Å². The maximum absolute atomic E-state index is 12.4. The van der Waals surface area contributed by atoms with Gasteiger partial charge in [-0.15, -0.1) is 0 Å². The summed E-state index contributed by atoms with van der Waals surface area (Å²) in [4.78, 5) is 17.3. The first-order valence-electron chi connectivity index (χ1n) is 8.19. The number of carbonyl (C=O) groups is 1. The average Bonchev–Trinajstić information content (AvgIpc) is 2.97. The highest BCUT2D eigenvalue weighted by Crippen LogP contribution is 2.21. The summed E-state index contributed by atoms with van der Waals surface area (Å²) in [7, 11) is 1.66. The lowest BCUT2D eigenvalue weighted by atomic mass is 10.2. The minimum Gasteiger partial charge on any atom is -0.383 e. The number of para-hydroxylation sites is 1. The molecule has 1 heterocycles. The molecule has 0 aliphatic carbocycles. The smallest absolute Gasteiger partial charge is 0.272 e. The van der Waals surface area contributed by atoms with E-state index in [1.54, 1.807) is 19.3 Å². The summed E-state index contributed by atoms with van der Waals surface area (Å²) < 4.78 is 8.35. The Bertz CT molecular complexity index is 1030. The van der Waals surface area contributed by atoms with Gasteiger partial charge in [0.1, 0.15) is 0 Å². The SMILES string of the molecule is COCCn1c(=NC(=O)C=Cc2ccccc2Cl)sc2cccc(C)c21. The predicted octanol–water partition coefficient (Wildman–Crippen LogP) is 4.45. The normalized spacial score (nSPS) is 12.3. The summed E-state index contributed by atoms with van der Waals surface area (Å²) in [5.74, 6) is -0.319. The van der Waals surface area contributed by atoms with Gasteiger partial charge in [-0.3, -0.25) is 4.79 Å². The molecule has 0 aliphatic rings. The number of benzene rings is 2. The number of aryl methyl sites for hydroxylation is 1.